The molecule has 2 aliphatic heterocycles. The number of hydrogen-bond donors (Lipinski definition) is 0. The first-order valence-corrected chi connectivity index (χ1v) is 18.1. The van der Waals surface area contributed by atoms with Gasteiger partial charge in [0.05, 0.1) is 5.56 Å². The van der Waals surface area contributed by atoms with Gasteiger partial charge in [0.2, 0.25) is 0 Å². The summed E-state index contributed by atoms with van der Waals surface area (Å²) < 4.78 is 26.2. The number of halogens is 1. The van der Waals surface area contributed by atoms with Gasteiger partial charge in [0.15, 0.2) is 5.82 Å². The Morgan fingerprint density at radius 1 is 1.06 bits per heavy atom. The Bertz CT molecular complexity index is 1650. The summed E-state index contributed by atoms with van der Waals surface area (Å²) in [5.74, 6) is 0.578. The molecule has 276 valence electrons. The van der Waals surface area contributed by atoms with Gasteiger partial charge in [-0.25, -0.2) is 14.2 Å². The maximum Gasteiger partial charge on any atom is 0.410 e. The third-order valence-corrected chi connectivity index (χ3v) is 10.7. The maximum atomic E-state index is 14.4. The fraction of sp³-hybridized carbons (Fsp3) is 0.564. The predicted molar refractivity (Wildman–Crippen MR) is 195 cm³/mol. The van der Waals surface area contributed by atoms with Gasteiger partial charge in [-0.2, -0.15) is 0 Å². The third kappa shape index (κ3) is 8.77. The molecule has 1 unspecified atom stereocenters. The molecular weight excluding hydrogens is 649 g/mol. The SMILES string of the molecule is CCN(C(=O)c1cc(F)ccc1Oc1nncnc1N1CCC2(C1)CN(C(CCC(C)(C)N(C)C(=O)OCc1ccccc1)C(C)C)C2)C(C)C. The van der Waals surface area contributed by atoms with Crippen LogP contribution in [0.15, 0.2) is 54.9 Å². The molecule has 2 fully saturated rings. The molecule has 3 aromatic rings. The summed E-state index contributed by atoms with van der Waals surface area (Å²) >= 11 is 0. The lowest BCUT2D eigenvalue weighted by Crippen LogP contribution is -2.62. The van der Waals surface area contributed by atoms with Crippen LogP contribution in [0, 0.1) is 17.2 Å². The number of likely N-dealkylation sites (tertiary alicyclic amines) is 1. The Hall–Kier alpha value is -4.32. The highest BCUT2D eigenvalue weighted by Crippen LogP contribution is 2.45. The molecule has 2 aliphatic rings. The third-order valence-electron chi connectivity index (χ3n) is 10.7. The molecule has 1 atom stereocenters. The highest BCUT2D eigenvalue weighted by Gasteiger charge is 2.50. The summed E-state index contributed by atoms with van der Waals surface area (Å²) in [6.07, 6.45) is 3.89. The van der Waals surface area contributed by atoms with Crippen molar-refractivity contribution in [2.75, 3.05) is 44.7 Å². The van der Waals surface area contributed by atoms with E-state index in [1.807, 2.05) is 58.2 Å². The zero-order chi connectivity index (χ0) is 36.9. The van der Waals surface area contributed by atoms with Crippen molar-refractivity contribution in [2.24, 2.45) is 11.3 Å². The van der Waals surface area contributed by atoms with E-state index in [1.54, 1.807) is 9.80 Å². The van der Waals surface area contributed by atoms with Crippen molar-refractivity contribution < 1.29 is 23.5 Å². The summed E-state index contributed by atoms with van der Waals surface area (Å²) in [5.41, 5.74) is 0.835. The van der Waals surface area contributed by atoms with Gasteiger partial charge < -0.3 is 24.2 Å². The average Bonchev–Trinajstić information content (AvgIpc) is 3.54. The molecule has 2 aromatic carbocycles. The molecule has 0 aliphatic carbocycles. The first-order valence-electron chi connectivity index (χ1n) is 18.1. The smallest absolute Gasteiger partial charge is 0.410 e. The highest BCUT2D eigenvalue weighted by molar-refractivity contribution is 5.97. The number of aromatic nitrogens is 3. The number of benzene rings is 2. The maximum absolute atomic E-state index is 14.4. The first-order chi connectivity index (χ1) is 24.2. The Morgan fingerprint density at radius 2 is 1.78 bits per heavy atom. The Kier molecular flexibility index (Phi) is 11.8. The van der Waals surface area contributed by atoms with E-state index in [2.05, 4.69) is 52.7 Å². The normalized spacial score (nSPS) is 16.3. The van der Waals surface area contributed by atoms with Crippen LogP contribution in [0.4, 0.5) is 15.0 Å². The van der Waals surface area contributed by atoms with Crippen molar-refractivity contribution >= 4 is 17.8 Å². The highest BCUT2D eigenvalue weighted by atomic mass is 19.1. The van der Waals surface area contributed by atoms with Crippen LogP contribution in [0.25, 0.3) is 0 Å². The molecule has 1 aromatic heterocycles. The minimum Gasteiger partial charge on any atom is -0.445 e. The van der Waals surface area contributed by atoms with Gasteiger partial charge in [0.25, 0.3) is 11.8 Å². The zero-order valence-corrected chi connectivity index (χ0v) is 31.4. The summed E-state index contributed by atoms with van der Waals surface area (Å²) in [7, 11) is 1.82. The molecule has 2 amide bonds. The second-order valence-corrected chi connectivity index (χ2v) is 15.4. The number of carbonyl (C=O) groups is 2. The van der Waals surface area contributed by atoms with Crippen LogP contribution in [0.2, 0.25) is 0 Å². The van der Waals surface area contributed by atoms with Crippen molar-refractivity contribution in [3.63, 3.8) is 0 Å². The van der Waals surface area contributed by atoms with E-state index in [9.17, 15) is 14.0 Å². The van der Waals surface area contributed by atoms with Gasteiger partial charge >= 0.3 is 6.09 Å². The number of ether oxygens (including phenoxy) is 2. The molecule has 5 rings (SSSR count). The van der Waals surface area contributed by atoms with E-state index in [1.165, 1.54) is 24.5 Å². The number of anilines is 1. The van der Waals surface area contributed by atoms with Crippen molar-refractivity contribution in [1.29, 1.82) is 0 Å². The number of nitrogens with zero attached hydrogens (tertiary/aromatic N) is 7. The number of carbonyl (C=O) groups excluding carboxylic acids is 2. The van der Waals surface area contributed by atoms with Gasteiger partial charge in [-0.1, -0.05) is 44.2 Å². The van der Waals surface area contributed by atoms with Crippen LogP contribution in [-0.2, 0) is 11.3 Å². The van der Waals surface area contributed by atoms with Crippen LogP contribution in [0.1, 0.15) is 83.7 Å². The topological polar surface area (TPSA) is 104 Å². The standard InChI is InChI=1S/C39H54FN7O4/c1-9-47(28(4)5)36(48)31-21-30(40)15-16-33(31)51-35-34(41-26-42-43-35)45-20-19-39(23-45)24-46(25-39)32(27(2)3)17-18-38(6,7)44(8)37(49)50-22-29-13-11-10-12-14-29/h10-16,21,26-28,32H,9,17-20,22-25H2,1-8H3. The van der Waals surface area contributed by atoms with Gasteiger partial charge in [0, 0.05) is 62.8 Å². The summed E-state index contributed by atoms with van der Waals surface area (Å²) in [4.78, 5) is 39.1. The van der Waals surface area contributed by atoms with Crippen LogP contribution in [-0.4, -0.2) is 99.3 Å². The van der Waals surface area contributed by atoms with E-state index < -0.39 is 5.82 Å². The Labute approximate surface area is 302 Å². The van der Waals surface area contributed by atoms with Crippen LogP contribution < -0.4 is 9.64 Å². The van der Waals surface area contributed by atoms with Gasteiger partial charge in [-0.15, -0.1) is 10.2 Å². The minimum atomic E-state index is -0.518. The van der Waals surface area contributed by atoms with Crippen LogP contribution in [0.3, 0.4) is 0 Å². The summed E-state index contributed by atoms with van der Waals surface area (Å²) in [6.45, 7) is 18.7. The lowest BCUT2D eigenvalue weighted by atomic mass is 9.76. The average molecular weight is 704 g/mol. The van der Waals surface area contributed by atoms with Gasteiger partial charge in [-0.3, -0.25) is 9.69 Å². The zero-order valence-electron chi connectivity index (χ0n) is 31.4. The molecular formula is C39H54FN7O4. The lowest BCUT2D eigenvalue weighted by molar-refractivity contribution is -0.0377. The van der Waals surface area contributed by atoms with Gasteiger partial charge in [-0.05, 0) is 83.6 Å². The van der Waals surface area contributed by atoms with E-state index in [0.717, 1.165) is 51.0 Å². The van der Waals surface area contributed by atoms with Crippen molar-refractivity contribution in [3.05, 3.63) is 71.8 Å². The van der Waals surface area contributed by atoms with Crippen LogP contribution in [0.5, 0.6) is 11.6 Å². The largest absolute Gasteiger partial charge is 0.445 e. The van der Waals surface area contributed by atoms with E-state index in [-0.39, 0.29) is 52.8 Å². The number of rotatable bonds is 14. The van der Waals surface area contributed by atoms with Crippen molar-refractivity contribution in [1.82, 2.24) is 29.9 Å². The number of hydrogen-bond acceptors (Lipinski definition) is 9. The molecule has 12 heteroatoms. The Morgan fingerprint density at radius 3 is 2.45 bits per heavy atom. The van der Waals surface area contributed by atoms with Crippen molar-refractivity contribution in [2.45, 2.75) is 92.0 Å². The fourth-order valence-corrected chi connectivity index (χ4v) is 7.40. The Balaban J connectivity index is 1.20. The molecule has 3 heterocycles. The lowest BCUT2D eigenvalue weighted by Gasteiger charge is -2.53. The molecule has 2 saturated heterocycles. The monoisotopic (exact) mass is 703 g/mol. The molecule has 0 saturated carbocycles. The quantitative estimate of drug-likeness (QED) is 0.175. The van der Waals surface area contributed by atoms with Crippen LogP contribution >= 0.6 is 0 Å². The van der Waals surface area contributed by atoms with E-state index in [4.69, 9.17) is 9.47 Å². The second-order valence-electron chi connectivity index (χ2n) is 15.4. The second kappa shape index (κ2) is 15.9. The molecule has 11 nitrogen and oxygen atoms in total. The summed E-state index contributed by atoms with van der Waals surface area (Å²) in [6, 6.07) is 14.0. The molecule has 0 radical (unpaired) electrons. The summed E-state index contributed by atoms with van der Waals surface area (Å²) in [5, 5.41) is 8.23. The molecule has 0 N–H and O–H groups in total. The minimum absolute atomic E-state index is 0.0627. The molecule has 51 heavy (non-hydrogen) atoms. The first kappa shape index (κ1) is 37.9. The fourth-order valence-electron chi connectivity index (χ4n) is 7.40. The molecule has 0 bridgehead atoms. The van der Waals surface area contributed by atoms with Gasteiger partial charge in [0.1, 0.15) is 24.5 Å². The van der Waals surface area contributed by atoms with E-state index >= 15 is 0 Å². The molecule has 1 spiro atoms. The number of amides is 2. The van der Waals surface area contributed by atoms with E-state index in [0.29, 0.717) is 24.3 Å². The van der Waals surface area contributed by atoms with Crippen molar-refractivity contribution in [3.8, 4) is 11.6 Å². The predicted octanol–water partition coefficient (Wildman–Crippen LogP) is 7.04.